The van der Waals surface area contributed by atoms with Crippen molar-refractivity contribution in [2.24, 2.45) is 0 Å². The Bertz CT molecular complexity index is 1060. The number of aldehydes is 1. The molecule has 2 aromatic carbocycles. The van der Waals surface area contributed by atoms with Crippen LogP contribution in [0, 0.1) is 31.9 Å². The Hall–Kier alpha value is -3.57. The predicted octanol–water partition coefficient (Wildman–Crippen LogP) is 4.13. The van der Waals surface area contributed by atoms with Crippen LogP contribution in [-0.2, 0) is 15.6 Å². The fourth-order valence-corrected chi connectivity index (χ4v) is 3.22. The van der Waals surface area contributed by atoms with Crippen molar-refractivity contribution >= 4 is 17.7 Å². The van der Waals surface area contributed by atoms with Crippen LogP contribution in [0.3, 0.4) is 0 Å². The zero-order valence-electron chi connectivity index (χ0n) is 18.7. The number of nitro groups is 2. The first-order chi connectivity index (χ1) is 15.9. The van der Waals surface area contributed by atoms with E-state index in [0.717, 1.165) is 36.4 Å². The second-order valence-electron chi connectivity index (χ2n) is 8.06. The molecular weight excluding hydrogens is 454 g/mol. The first-order valence-corrected chi connectivity index (χ1v) is 10.1. The molecule has 0 spiro atoms. The highest BCUT2D eigenvalue weighted by atomic mass is 19.1. The van der Waals surface area contributed by atoms with Gasteiger partial charge in [0.1, 0.15) is 17.9 Å². The number of nitro benzene ring substituents is 2. The molecule has 0 aliphatic rings. The van der Waals surface area contributed by atoms with Crippen LogP contribution in [0.1, 0.15) is 37.8 Å². The van der Waals surface area contributed by atoms with Gasteiger partial charge in [-0.2, -0.15) is 0 Å². The molecule has 0 saturated carbocycles. The minimum atomic E-state index is -1.13. The monoisotopic (exact) mass is 480 g/mol. The van der Waals surface area contributed by atoms with E-state index in [0.29, 0.717) is 6.29 Å². The summed E-state index contributed by atoms with van der Waals surface area (Å²) in [5.74, 6) is -1.26. The van der Waals surface area contributed by atoms with Gasteiger partial charge in [0, 0.05) is 47.4 Å². The maximum Gasteiger partial charge on any atom is 0.269 e. The second-order valence-corrected chi connectivity index (χ2v) is 8.06. The van der Waals surface area contributed by atoms with Gasteiger partial charge in [-0.05, 0) is 31.9 Å². The van der Waals surface area contributed by atoms with Crippen LogP contribution in [0.5, 0.6) is 0 Å². The van der Waals surface area contributed by atoms with Crippen molar-refractivity contribution in [1.82, 2.24) is 0 Å². The van der Waals surface area contributed by atoms with E-state index in [4.69, 9.17) is 5.11 Å². The van der Waals surface area contributed by atoms with Crippen molar-refractivity contribution in [3.8, 4) is 0 Å². The van der Waals surface area contributed by atoms with Crippen LogP contribution in [-0.4, -0.2) is 39.6 Å². The van der Waals surface area contributed by atoms with Gasteiger partial charge in [0.15, 0.2) is 0 Å². The van der Waals surface area contributed by atoms with Crippen LogP contribution >= 0.6 is 0 Å². The minimum absolute atomic E-state index is 0.0154. The van der Waals surface area contributed by atoms with Crippen molar-refractivity contribution in [3.05, 3.63) is 92.0 Å². The average molecular weight is 480 g/mol. The standard InChI is InChI=1S/C12H12FNO3.C11H14FNO4/c1-3-6-12(2,8-15)10-7-9(14(16)17)4-5-11(10)13;1-11(7-15,4-5-14)9-6-8(13(16)17)2-3-10(9)12/h3-5,7-8H,1,6H2,2H3;2-3,6,14-15H,4-5,7H2,1H3. The minimum Gasteiger partial charge on any atom is -0.396 e. The van der Waals surface area contributed by atoms with Gasteiger partial charge in [-0.3, -0.25) is 20.2 Å². The number of hydrogen-bond acceptors (Lipinski definition) is 7. The number of halogens is 2. The largest absolute Gasteiger partial charge is 0.396 e. The number of hydrogen-bond donors (Lipinski definition) is 2. The van der Waals surface area contributed by atoms with E-state index in [9.17, 15) is 38.9 Å². The van der Waals surface area contributed by atoms with Gasteiger partial charge in [-0.1, -0.05) is 13.0 Å². The summed E-state index contributed by atoms with van der Waals surface area (Å²) in [4.78, 5) is 31.0. The molecule has 2 rings (SSSR count). The lowest BCUT2D eigenvalue weighted by atomic mass is 9.80. The molecule has 9 nitrogen and oxygen atoms in total. The highest BCUT2D eigenvalue weighted by molar-refractivity contribution is 5.69. The molecular formula is C23H26F2N2O7. The molecule has 0 fully saturated rings. The molecule has 2 unspecified atom stereocenters. The van der Waals surface area contributed by atoms with E-state index in [1.54, 1.807) is 6.92 Å². The summed E-state index contributed by atoms with van der Waals surface area (Å²) in [6.45, 7) is 5.92. The fraction of sp³-hybridized carbons (Fsp3) is 0.348. The van der Waals surface area contributed by atoms with Crippen LogP contribution in [0.25, 0.3) is 0 Å². The number of nitrogens with zero attached hydrogens (tertiary/aromatic N) is 2. The van der Waals surface area contributed by atoms with Crippen LogP contribution in [0.4, 0.5) is 20.2 Å². The Kier molecular flexibility index (Phi) is 10.1. The second kappa shape index (κ2) is 12.1. The van der Waals surface area contributed by atoms with E-state index in [1.807, 2.05) is 0 Å². The zero-order chi connectivity index (χ0) is 26.1. The van der Waals surface area contributed by atoms with Crippen LogP contribution in [0.15, 0.2) is 49.1 Å². The molecule has 184 valence electrons. The third kappa shape index (κ3) is 6.72. The number of non-ortho nitro benzene ring substituents is 2. The van der Waals surface area contributed by atoms with Gasteiger partial charge >= 0.3 is 0 Å². The topological polar surface area (TPSA) is 144 Å². The summed E-state index contributed by atoms with van der Waals surface area (Å²) in [5, 5.41) is 39.4. The number of carbonyl (C=O) groups excluding carboxylic acids is 1. The van der Waals surface area contributed by atoms with Gasteiger partial charge in [0.25, 0.3) is 11.4 Å². The highest BCUT2D eigenvalue weighted by Gasteiger charge is 2.31. The molecule has 0 aliphatic heterocycles. The lowest BCUT2D eigenvalue weighted by Crippen LogP contribution is -2.29. The van der Waals surface area contributed by atoms with Crippen molar-refractivity contribution in [2.45, 2.75) is 37.5 Å². The Morgan fingerprint density at radius 3 is 1.82 bits per heavy atom. The maximum atomic E-state index is 13.6. The smallest absolute Gasteiger partial charge is 0.269 e. The molecule has 2 aromatic rings. The van der Waals surface area contributed by atoms with Crippen molar-refractivity contribution in [2.75, 3.05) is 13.2 Å². The highest BCUT2D eigenvalue weighted by Crippen LogP contribution is 2.32. The Morgan fingerprint density at radius 1 is 0.971 bits per heavy atom. The van der Waals surface area contributed by atoms with Crippen molar-refractivity contribution in [3.63, 3.8) is 0 Å². The van der Waals surface area contributed by atoms with Crippen molar-refractivity contribution < 1.29 is 33.6 Å². The summed E-state index contributed by atoms with van der Waals surface area (Å²) in [5.41, 5.74) is -2.56. The lowest BCUT2D eigenvalue weighted by molar-refractivity contribution is -0.385. The number of rotatable bonds is 10. The maximum absolute atomic E-state index is 13.6. The molecule has 0 aliphatic carbocycles. The number of carbonyl (C=O) groups is 1. The predicted molar refractivity (Wildman–Crippen MR) is 120 cm³/mol. The van der Waals surface area contributed by atoms with E-state index in [2.05, 4.69) is 6.58 Å². The molecule has 0 saturated heterocycles. The first-order valence-electron chi connectivity index (χ1n) is 10.1. The molecule has 0 heterocycles. The Labute approximate surface area is 194 Å². The molecule has 0 aromatic heterocycles. The third-order valence-corrected chi connectivity index (χ3v) is 5.43. The molecule has 0 bridgehead atoms. The Balaban J connectivity index is 0.000000340. The summed E-state index contributed by atoms with van der Waals surface area (Å²) < 4.78 is 27.2. The normalized spacial score (nSPS) is 14.1. The van der Waals surface area contributed by atoms with Crippen LogP contribution < -0.4 is 0 Å². The summed E-state index contributed by atoms with van der Waals surface area (Å²) in [7, 11) is 0. The fourth-order valence-electron chi connectivity index (χ4n) is 3.22. The SMILES string of the molecule is C=CCC(C)(C=O)c1cc([N+](=O)[O-])ccc1F.CC(CO)(CCO)c1cc([N+](=O)[O-])ccc1F. The quantitative estimate of drug-likeness (QED) is 0.225. The molecule has 0 amide bonds. The summed E-state index contributed by atoms with van der Waals surface area (Å²) >= 11 is 0. The average Bonchev–Trinajstić information content (AvgIpc) is 2.79. The molecule has 2 atom stereocenters. The first kappa shape index (κ1) is 28.5. The molecule has 0 radical (unpaired) electrons. The van der Waals surface area contributed by atoms with Gasteiger partial charge in [0.2, 0.25) is 0 Å². The zero-order valence-corrected chi connectivity index (χ0v) is 18.7. The van der Waals surface area contributed by atoms with Gasteiger partial charge in [-0.25, -0.2) is 8.78 Å². The van der Waals surface area contributed by atoms with E-state index in [-0.39, 0.29) is 42.0 Å². The number of aliphatic hydroxyl groups is 2. The van der Waals surface area contributed by atoms with Crippen LogP contribution in [0.2, 0.25) is 0 Å². The molecule has 2 N–H and O–H groups in total. The van der Waals surface area contributed by atoms with Gasteiger partial charge in [0.05, 0.1) is 21.9 Å². The molecule has 34 heavy (non-hydrogen) atoms. The van der Waals surface area contributed by atoms with Gasteiger partial charge < -0.3 is 15.0 Å². The van der Waals surface area contributed by atoms with E-state index < -0.39 is 38.9 Å². The summed E-state index contributed by atoms with van der Waals surface area (Å²) in [6, 6.07) is 6.32. The Morgan fingerprint density at radius 2 is 1.44 bits per heavy atom. The number of aliphatic hydroxyl groups excluding tert-OH is 2. The van der Waals surface area contributed by atoms with E-state index >= 15 is 0 Å². The van der Waals surface area contributed by atoms with E-state index in [1.165, 1.54) is 13.0 Å². The lowest BCUT2D eigenvalue weighted by Gasteiger charge is -2.27. The number of benzene rings is 2. The van der Waals surface area contributed by atoms with Gasteiger partial charge in [-0.15, -0.1) is 6.58 Å². The number of allylic oxidation sites excluding steroid dienone is 1. The molecule has 11 heteroatoms. The summed E-state index contributed by atoms with van der Waals surface area (Å²) in [6.07, 6.45) is 2.40. The third-order valence-electron chi connectivity index (χ3n) is 5.43. The van der Waals surface area contributed by atoms with Crippen molar-refractivity contribution in [1.29, 1.82) is 0 Å².